The molecule has 0 saturated heterocycles. The predicted molar refractivity (Wildman–Crippen MR) is 56.0 cm³/mol. The van der Waals surface area contributed by atoms with E-state index in [1.54, 1.807) is 4.31 Å². The van der Waals surface area contributed by atoms with Crippen LogP contribution in [-0.4, -0.2) is 26.4 Å². The molecule has 0 aromatic heterocycles. The summed E-state index contributed by atoms with van der Waals surface area (Å²) in [5.41, 5.74) is 0. The maximum atomic E-state index is 12.1. The summed E-state index contributed by atoms with van der Waals surface area (Å²) in [7, 11) is -0.779. The highest BCUT2D eigenvalue weighted by Crippen LogP contribution is 2.30. The van der Waals surface area contributed by atoms with Crippen molar-refractivity contribution < 1.29 is 4.21 Å². The van der Waals surface area contributed by atoms with Crippen molar-refractivity contribution in [3.63, 3.8) is 0 Å². The summed E-state index contributed by atoms with van der Waals surface area (Å²) in [4.78, 5) is 0. The average molecular weight is 204 g/mol. The fraction of sp³-hybridized carbons (Fsp3) is 1.00. The number of nitrogens with zero attached hydrogens (tertiary/aromatic N) is 1. The van der Waals surface area contributed by atoms with Crippen LogP contribution in [0, 0.1) is 4.78 Å². The van der Waals surface area contributed by atoms with Gasteiger partial charge in [-0.2, -0.15) is 0 Å². The molecule has 1 atom stereocenters. The third-order valence-electron chi connectivity index (χ3n) is 2.82. The van der Waals surface area contributed by atoms with Crippen LogP contribution in [0.4, 0.5) is 0 Å². The Morgan fingerprint density at radius 3 is 2.08 bits per heavy atom. The van der Waals surface area contributed by atoms with Gasteiger partial charge in [0.15, 0.2) is 0 Å². The van der Waals surface area contributed by atoms with E-state index in [0.29, 0.717) is 6.04 Å². The zero-order valence-electron chi connectivity index (χ0n) is 8.96. The van der Waals surface area contributed by atoms with E-state index in [-0.39, 0.29) is 0 Å². The first-order valence-corrected chi connectivity index (χ1v) is 6.29. The summed E-state index contributed by atoms with van der Waals surface area (Å²) < 4.78 is 21.4. The summed E-state index contributed by atoms with van der Waals surface area (Å²) in [6.45, 7) is 5.62. The lowest BCUT2D eigenvalue weighted by atomic mass is 9.93. The molecule has 1 aliphatic rings. The van der Waals surface area contributed by atoms with Crippen molar-refractivity contribution in [1.29, 1.82) is 4.78 Å². The van der Waals surface area contributed by atoms with Crippen molar-refractivity contribution in [2.45, 2.75) is 50.8 Å². The molecule has 0 aromatic rings. The summed E-state index contributed by atoms with van der Waals surface area (Å²) in [5, 5.41) is 0. The molecule has 0 amide bonds. The van der Waals surface area contributed by atoms with E-state index in [0.717, 1.165) is 12.8 Å². The minimum Gasteiger partial charge on any atom is -0.240 e. The first-order chi connectivity index (χ1) is 5.77. The number of hydrogen-bond acceptors (Lipinski definition) is 2. The van der Waals surface area contributed by atoms with Crippen LogP contribution in [0.2, 0.25) is 0 Å². The SMILES string of the molecule is CN(C1CCC1)S(=N)(=O)C(C)(C)C. The summed E-state index contributed by atoms with van der Waals surface area (Å²) in [6.07, 6.45) is 3.42. The molecule has 0 spiro atoms. The van der Waals surface area contributed by atoms with Crippen molar-refractivity contribution >= 4 is 9.92 Å². The molecule has 1 rings (SSSR count). The van der Waals surface area contributed by atoms with Gasteiger partial charge in [0.2, 0.25) is 0 Å². The van der Waals surface area contributed by atoms with Crippen LogP contribution in [0.5, 0.6) is 0 Å². The van der Waals surface area contributed by atoms with Gasteiger partial charge in [-0.15, -0.1) is 0 Å². The fourth-order valence-corrected chi connectivity index (χ4v) is 2.89. The Morgan fingerprint density at radius 1 is 1.38 bits per heavy atom. The molecule has 4 heteroatoms. The summed E-state index contributed by atoms with van der Waals surface area (Å²) in [6, 6.07) is 0.379. The minimum absolute atomic E-state index is 0.379. The molecule has 0 radical (unpaired) electrons. The topological polar surface area (TPSA) is 44.2 Å². The van der Waals surface area contributed by atoms with E-state index in [2.05, 4.69) is 0 Å². The van der Waals surface area contributed by atoms with Crippen LogP contribution in [0.15, 0.2) is 0 Å². The molecule has 1 aliphatic carbocycles. The maximum absolute atomic E-state index is 12.1. The molecule has 1 unspecified atom stereocenters. The highest BCUT2D eigenvalue weighted by molar-refractivity contribution is 7.91. The molecular formula is C9H20N2OS. The van der Waals surface area contributed by atoms with Crippen LogP contribution in [0.3, 0.4) is 0 Å². The lowest BCUT2D eigenvalue weighted by molar-refractivity contribution is 0.252. The van der Waals surface area contributed by atoms with Gasteiger partial charge in [-0.25, -0.2) is 13.3 Å². The van der Waals surface area contributed by atoms with E-state index in [4.69, 9.17) is 4.78 Å². The quantitative estimate of drug-likeness (QED) is 0.736. The smallest absolute Gasteiger partial charge is 0.112 e. The van der Waals surface area contributed by atoms with Crippen LogP contribution in [0.1, 0.15) is 40.0 Å². The van der Waals surface area contributed by atoms with E-state index in [9.17, 15) is 4.21 Å². The molecule has 0 heterocycles. The van der Waals surface area contributed by atoms with Crippen molar-refractivity contribution in [2.24, 2.45) is 0 Å². The number of nitrogens with one attached hydrogen (secondary N) is 1. The summed E-state index contributed by atoms with van der Waals surface area (Å²) in [5.74, 6) is 0. The molecule has 1 saturated carbocycles. The van der Waals surface area contributed by atoms with Gasteiger partial charge in [-0.3, -0.25) is 0 Å². The Bertz CT molecular complexity index is 272. The second-order valence-electron chi connectivity index (χ2n) is 4.77. The van der Waals surface area contributed by atoms with E-state index >= 15 is 0 Å². The lowest BCUT2D eigenvalue weighted by Gasteiger charge is -2.39. The van der Waals surface area contributed by atoms with Crippen molar-refractivity contribution in [2.75, 3.05) is 7.05 Å². The molecule has 1 fully saturated rings. The second-order valence-corrected chi connectivity index (χ2v) is 7.62. The maximum Gasteiger partial charge on any atom is 0.112 e. The average Bonchev–Trinajstić information content (AvgIpc) is 1.80. The fourth-order valence-electron chi connectivity index (χ4n) is 1.39. The summed E-state index contributed by atoms with van der Waals surface area (Å²) >= 11 is 0. The lowest BCUT2D eigenvalue weighted by Crippen LogP contribution is -2.47. The molecule has 13 heavy (non-hydrogen) atoms. The largest absolute Gasteiger partial charge is 0.240 e. The van der Waals surface area contributed by atoms with E-state index in [1.165, 1.54) is 6.42 Å². The molecular weight excluding hydrogens is 184 g/mol. The van der Waals surface area contributed by atoms with Crippen LogP contribution in [-0.2, 0) is 9.92 Å². The van der Waals surface area contributed by atoms with Crippen molar-refractivity contribution in [1.82, 2.24) is 4.31 Å². The third-order valence-corrected chi connectivity index (χ3v) is 5.59. The highest BCUT2D eigenvalue weighted by Gasteiger charge is 2.35. The molecule has 3 nitrogen and oxygen atoms in total. The Hall–Kier alpha value is -0.0900. The first kappa shape index (κ1) is 11.0. The third kappa shape index (κ3) is 1.89. The van der Waals surface area contributed by atoms with Crippen molar-refractivity contribution in [3.8, 4) is 0 Å². The monoisotopic (exact) mass is 204 g/mol. The van der Waals surface area contributed by atoms with Gasteiger partial charge in [-0.05, 0) is 33.6 Å². The van der Waals surface area contributed by atoms with E-state index < -0.39 is 14.7 Å². The minimum atomic E-state index is -2.60. The number of rotatable bonds is 2. The van der Waals surface area contributed by atoms with Gasteiger partial charge < -0.3 is 0 Å². The molecule has 78 valence electrons. The Labute approximate surface area is 81.6 Å². The van der Waals surface area contributed by atoms with Gasteiger partial charge in [-0.1, -0.05) is 6.42 Å². The Morgan fingerprint density at radius 2 is 1.85 bits per heavy atom. The normalized spacial score (nSPS) is 24.1. The molecule has 0 aromatic carbocycles. The van der Waals surface area contributed by atoms with Crippen LogP contribution >= 0.6 is 0 Å². The van der Waals surface area contributed by atoms with Crippen LogP contribution in [0.25, 0.3) is 0 Å². The van der Waals surface area contributed by atoms with Gasteiger partial charge in [0.05, 0.1) is 4.75 Å². The zero-order chi connectivity index (χ0) is 10.3. The van der Waals surface area contributed by atoms with Gasteiger partial charge in [0.1, 0.15) is 9.92 Å². The molecule has 0 aliphatic heterocycles. The molecule has 1 N–H and O–H groups in total. The van der Waals surface area contributed by atoms with Gasteiger partial charge in [0, 0.05) is 13.1 Å². The van der Waals surface area contributed by atoms with Crippen molar-refractivity contribution in [3.05, 3.63) is 0 Å². The Kier molecular flexibility index (Phi) is 2.74. The predicted octanol–water partition coefficient (Wildman–Crippen LogP) is 2.23. The second kappa shape index (κ2) is 3.24. The number of hydrogen-bond donors (Lipinski definition) is 1. The van der Waals surface area contributed by atoms with Gasteiger partial charge >= 0.3 is 0 Å². The van der Waals surface area contributed by atoms with Gasteiger partial charge in [0.25, 0.3) is 0 Å². The standard InChI is InChI=1S/C9H20N2OS/c1-9(2,3)13(10,12)11(4)8-6-5-7-8/h8,10H,5-7H2,1-4H3. The first-order valence-electron chi connectivity index (χ1n) is 4.78. The molecule has 0 bridgehead atoms. The highest BCUT2D eigenvalue weighted by atomic mass is 32.2. The van der Waals surface area contributed by atoms with E-state index in [1.807, 2.05) is 27.8 Å². The Balaban J connectivity index is 2.80. The zero-order valence-corrected chi connectivity index (χ0v) is 9.78. The van der Waals surface area contributed by atoms with Crippen LogP contribution < -0.4 is 0 Å².